The molecule has 0 saturated carbocycles. The van der Waals surface area contributed by atoms with Crippen molar-refractivity contribution in [2.24, 2.45) is 0 Å². The summed E-state index contributed by atoms with van der Waals surface area (Å²) in [4.78, 5) is 35.0. The highest BCUT2D eigenvalue weighted by Gasteiger charge is 2.18. The molecule has 0 bridgehead atoms. The molecular weight excluding hydrogens is 308 g/mol. The quantitative estimate of drug-likeness (QED) is 0.502. The van der Waals surface area contributed by atoms with E-state index >= 15 is 0 Å². The van der Waals surface area contributed by atoms with Gasteiger partial charge in [0.2, 0.25) is 0 Å². The smallest absolute Gasteiger partial charge is 0.341 e. The van der Waals surface area contributed by atoms with Gasteiger partial charge in [-0.15, -0.1) is 11.3 Å². The van der Waals surface area contributed by atoms with E-state index in [0.29, 0.717) is 17.0 Å². The average molecular weight is 328 g/mol. The second-order valence-electron chi connectivity index (χ2n) is 4.41. The molecule has 3 N–H and O–H groups in total. The van der Waals surface area contributed by atoms with Crippen molar-refractivity contribution in [3.8, 4) is 0 Å². The van der Waals surface area contributed by atoms with Gasteiger partial charge in [0, 0.05) is 17.8 Å². The minimum Gasteiger partial charge on any atom is -0.481 e. The van der Waals surface area contributed by atoms with Crippen LogP contribution in [0.25, 0.3) is 0 Å². The number of hydrogen-bond acceptors (Lipinski definition) is 5. The summed E-state index contributed by atoms with van der Waals surface area (Å²) in [6.45, 7) is 4.18. The largest absolute Gasteiger partial charge is 0.481 e. The second kappa shape index (κ2) is 9.04. The summed E-state index contributed by atoms with van der Waals surface area (Å²) in [5.41, 5.74) is 0.337. The van der Waals surface area contributed by atoms with Crippen LogP contribution >= 0.6 is 11.3 Å². The lowest BCUT2D eigenvalue weighted by Crippen LogP contribution is -2.30. The molecule has 0 aliphatic heterocycles. The Kier molecular flexibility index (Phi) is 7.38. The van der Waals surface area contributed by atoms with Crippen LogP contribution in [0.5, 0.6) is 0 Å². The van der Waals surface area contributed by atoms with Crippen molar-refractivity contribution < 1.29 is 24.2 Å². The third-order valence-corrected chi connectivity index (χ3v) is 3.90. The number of carbonyl (C=O) groups excluding carboxylic acids is 2. The van der Waals surface area contributed by atoms with E-state index in [1.807, 2.05) is 6.92 Å². The van der Waals surface area contributed by atoms with Crippen LogP contribution in [-0.2, 0) is 16.0 Å². The maximum absolute atomic E-state index is 11.9. The van der Waals surface area contributed by atoms with Crippen molar-refractivity contribution in [2.75, 3.05) is 18.5 Å². The van der Waals surface area contributed by atoms with E-state index in [1.165, 1.54) is 11.3 Å². The Balaban J connectivity index is 2.63. The summed E-state index contributed by atoms with van der Waals surface area (Å²) < 4.78 is 4.96. The van der Waals surface area contributed by atoms with Crippen LogP contribution in [0.2, 0.25) is 0 Å². The molecule has 122 valence electrons. The van der Waals surface area contributed by atoms with E-state index in [9.17, 15) is 14.4 Å². The standard InChI is InChI=1S/C14H20N2O5S/c1-3-9-8-10(13(19)21-4-2)12(22-9)16-14(20)15-7-5-6-11(17)18/h8H,3-7H2,1-2H3,(H,17,18)(H2,15,16,20). The summed E-state index contributed by atoms with van der Waals surface area (Å²) >= 11 is 1.32. The summed E-state index contributed by atoms with van der Waals surface area (Å²) in [7, 11) is 0. The minimum absolute atomic E-state index is 0.00661. The molecule has 0 aromatic carbocycles. The Bertz CT molecular complexity index is 541. The Morgan fingerprint density at radius 2 is 2.05 bits per heavy atom. The number of urea groups is 1. The maximum Gasteiger partial charge on any atom is 0.341 e. The first-order valence-corrected chi connectivity index (χ1v) is 7.86. The number of aryl methyl sites for hydroxylation is 1. The summed E-state index contributed by atoms with van der Waals surface area (Å²) in [5, 5.41) is 14.1. The van der Waals surface area contributed by atoms with Crippen LogP contribution in [0.1, 0.15) is 41.9 Å². The number of amides is 2. The van der Waals surface area contributed by atoms with Gasteiger partial charge in [-0.2, -0.15) is 0 Å². The number of nitrogens with one attached hydrogen (secondary N) is 2. The number of carboxylic acids is 1. The first kappa shape index (κ1) is 18.0. The molecule has 8 heteroatoms. The average Bonchev–Trinajstić information content (AvgIpc) is 2.86. The Labute approximate surface area is 132 Å². The van der Waals surface area contributed by atoms with Crippen molar-refractivity contribution >= 4 is 34.3 Å². The number of esters is 1. The molecule has 7 nitrogen and oxygen atoms in total. The van der Waals surface area contributed by atoms with Crippen molar-refractivity contribution in [3.05, 3.63) is 16.5 Å². The van der Waals surface area contributed by atoms with Crippen LogP contribution < -0.4 is 10.6 Å². The molecular formula is C14H20N2O5S. The Morgan fingerprint density at radius 1 is 1.32 bits per heavy atom. The third kappa shape index (κ3) is 5.72. The fourth-order valence-electron chi connectivity index (χ4n) is 1.66. The van der Waals surface area contributed by atoms with Gasteiger partial charge < -0.3 is 15.2 Å². The molecule has 1 aromatic rings. The molecule has 0 aliphatic carbocycles. The van der Waals surface area contributed by atoms with Gasteiger partial charge in [-0.3, -0.25) is 10.1 Å². The van der Waals surface area contributed by atoms with Gasteiger partial charge >= 0.3 is 18.0 Å². The number of thiophene rings is 1. The van der Waals surface area contributed by atoms with Crippen molar-refractivity contribution in [3.63, 3.8) is 0 Å². The van der Waals surface area contributed by atoms with Gasteiger partial charge in [0.15, 0.2) is 0 Å². The number of carboxylic acid groups (broad SMARTS) is 1. The highest BCUT2D eigenvalue weighted by Crippen LogP contribution is 2.29. The van der Waals surface area contributed by atoms with Gasteiger partial charge in [0.1, 0.15) is 5.00 Å². The zero-order valence-electron chi connectivity index (χ0n) is 12.6. The zero-order chi connectivity index (χ0) is 16.5. The number of anilines is 1. The van der Waals surface area contributed by atoms with Crippen molar-refractivity contribution in [1.82, 2.24) is 5.32 Å². The maximum atomic E-state index is 11.9. The van der Waals surface area contributed by atoms with Gasteiger partial charge in [-0.1, -0.05) is 6.92 Å². The number of carbonyl (C=O) groups is 3. The molecule has 0 fully saturated rings. The molecule has 0 radical (unpaired) electrons. The van der Waals surface area contributed by atoms with Crippen LogP contribution in [0, 0.1) is 0 Å². The molecule has 0 unspecified atom stereocenters. The summed E-state index contributed by atoms with van der Waals surface area (Å²) in [6, 6.07) is 1.24. The second-order valence-corrected chi connectivity index (χ2v) is 5.54. The van der Waals surface area contributed by atoms with Crippen LogP contribution in [-0.4, -0.2) is 36.2 Å². The van der Waals surface area contributed by atoms with E-state index in [4.69, 9.17) is 9.84 Å². The molecule has 1 aromatic heterocycles. The monoisotopic (exact) mass is 328 g/mol. The van der Waals surface area contributed by atoms with Crippen LogP contribution in [0.3, 0.4) is 0 Å². The molecule has 22 heavy (non-hydrogen) atoms. The van der Waals surface area contributed by atoms with Gasteiger partial charge in [0.25, 0.3) is 0 Å². The van der Waals surface area contributed by atoms with Gasteiger partial charge in [0.05, 0.1) is 12.2 Å². The first-order valence-electron chi connectivity index (χ1n) is 7.04. The highest BCUT2D eigenvalue weighted by molar-refractivity contribution is 7.16. The molecule has 0 spiro atoms. The molecule has 2 amide bonds. The van der Waals surface area contributed by atoms with Gasteiger partial charge in [-0.25, -0.2) is 9.59 Å². The lowest BCUT2D eigenvalue weighted by molar-refractivity contribution is -0.137. The van der Waals surface area contributed by atoms with E-state index in [1.54, 1.807) is 13.0 Å². The van der Waals surface area contributed by atoms with Crippen LogP contribution in [0.15, 0.2) is 6.07 Å². The van der Waals surface area contributed by atoms with Crippen molar-refractivity contribution in [2.45, 2.75) is 33.1 Å². The SMILES string of the molecule is CCOC(=O)c1cc(CC)sc1NC(=O)NCCCC(=O)O. The fourth-order valence-corrected chi connectivity index (χ4v) is 2.64. The number of hydrogen-bond donors (Lipinski definition) is 3. The molecule has 0 saturated heterocycles. The molecule has 0 atom stereocenters. The Hall–Kier alpha value is -2.09. The van der Waals surface area contributed by atoms with Gasteiger partial charge in [-0.05, 0) is 25.8 Å². The number of rotatable bonds is 8. The third-order valence-electron chi connectivity index (χ3n) is 2.71. The summed E-state index contributed by atoms with van der Waals surface area (Å²) in [6.07, 6.45) is 1.09. The highest BCUT2D eigenvalue weighted by atomic mass is 32.1. The van der Waals surface area contributed by atoms with E-state index in [-0.39, 0.29) is 19.6 Å². The van der Waals surface area contributed by atoms with Crippen LogP contribution in [0.4, 0.5) is 9.80 Å². The predicted molar refractivity (Wildman–Crippen MR) is 83.5 cm³/mol. The molecule has 0 aliphatic rings. The lowest BCUT2D eigenvalue weighted by Gasteiger charge is -2.07. The zero-order valence-corrected chi connectivity index (χ0v) is 13.4. The van der Waals surface area contributed by atoms with E-state index < -0.39 is 18.0 Å². The Morgan fingerprint density at radius 3 is 2.64 bits per heavy atom. The topological polar surface area (TPSA) is 105 Å². The lowest BCUT2D eigenvalue weighted by atomic mass is 10.2. The number of ether oxygens (including phenoxy) is 1. The van der Waals surface area contributed by atoms with E-state index in [0.717, 1.165) is 11.3 Å². The molecule has 1 heterocycles. The molecule has 1 rings (SSSR count). The normalized spacial score (nSPS) is 10.1. The first-order chi connectivity index (χ1) is 10.5. The van der Waals surface area contributed by atoms with Crippen molar-refractivity contribution in [1.29, 1.82) is 0 Å². The van der Waals surface area contributed by atoms with E-state index in [2.05, 4.69) is 10.6 Å². The summed E-state index contributed by atoms with van der Waals surface area (Å²) in [5.74, 6) is -1.38. The number of aliphatic carboxylic acids is 1. The fraction of sp³-hybridized carbons (Fsp3) is 0.500. The minimum atomic E-state index is -0.905. The predicted octanol–water partition coefficient (Wildman–Crippen LogP) is 2.47.